The molecule has 2 fully saturated rings. The molecule has 2 aromatic carbocycles. The third-order valence-corrected chi connectivity index (χ3v) is 9.56. The summed E-state index contributed by atoms with van der Waals surface area (Å²) in [5, 5.41) is 7.51. The summed E-state index contributed by atoms with van der Waals surface area (Å²) in [6.45, 7) is 11.3. The molecule has 2 aliphatic rings. The fraction of sp³-hybridized carbons (Fsp3) is 0.432. The molecule has 0 unspecified atom stereocenters. The SMILES string of the molecule is Cc1ccccc1C(=O)c1c[nH]c2ncnc(NC3CCC(NC(=O)CN4CCN(C(=O)c5ccc(C(C)(C)C)cc5)CC4)CC3)c12. The van der Waals surface area contributed by atoms with Crippen LogP contribution in [-0.4, -0.2) is 87.2 Å². The van der Waals surface area contributed by atoms with E-state index in [1.807, 2.05) is 60.4 Å². The highest BCUT2D eigenvalue weighted by Crippen LogP contribution is 2.29. The number of aromatic amines is 1. The van der Waals surface area contributed by atoms with Crippen molar-refractivity contribution in [3.8, 4) is 0 Å². The minimum atomic E-state index is -0.0578. The van der Waals surface area contributed by atoms with E-state index in [-0.39, 0.29) is 35.1 Å². The fourth-order valence-electron chi connectivity index (χ4n) is 6.68. The Kier molecular flexibility index (Phi) is 9.40. The molecule has 1 saturated heterocycles. The number of hydrogen-bond acceptors (Lipinski definition) is 7. The van der Waals surface area contributed by atoms with Crippen molar-refractivity contribution in [2.24, 2.45) is 0 Å². The number of carbonyl (C=O) groups is 3. The molecular formula is C37H45N7O3. The Bertz CT molecular complexity index is 1740. The molecule has 2 aromatic heterocycles. The van der Waals surface area contributed by atoms with Gasteiger partial charge in [0.2, 0.25) is 5.91 Å². The number of aromatic nitrogens is 3. The van der Waals surface area contributed by atoms with Crippen LogP contribution in [0.15, 0.2) is 61.1 Å². The smallest absolute Gasteiger partial charge is 0.253 e. The number of H-pyrrole nitrogens is 1. The first-order chi connectivity index (χ1) is 22.6. The topological polar surface area (TPSA) is 123 Å². The van der Waals surface area contributed by atoms with Crippen molar-refractivity contribution in [3.05, 3.63) is 88.9 Å². The van der Waals surface area contributed by atoms with Crippen LogP contribution in [0.1, 0.15) is 83.9 Å². The van der Waals surface area contributed by atoms with Crippen molar-refractivity contribution >= 4 is 34.4 Å². The molecule has 0 atom stereocenters. The number of aryl methyl sites for hydroxylation is 1. The molecule has 0 radical (unpaired) electrons. The minimum absolute atomic E-state index is 0.0307. The average Bonchev–Trinajstić information content (AvgIpc) is 3.51. The fourth-order valence-corrected chi connectivity index (χ4v) is 6.68. The molecule has 1 saturated carbocycles. The Balaban J connectivity index is 0.968. The molecule has 6 rings (SSSR count). The van der Waals surface area contributed by atoms with Crippen LogP contribution in [-0.2, 0) is 10.2 Å². The van der Waals surface area contributed by atoms with Crippen LogP contribution in [0.25, 0.3) is 11.0 Å². The Morgan fingerprint density at radius 3 is 2.23 bits per heavy atom. The zero-order valence-corrected chi connectivity index (χ0v) is 27.8. The van der Waals surface area contributed by atoms with E-state index in [1.165, 1.54) is 11.9 Å². The summed E-state index contributed by atoms with van der Waals surface area (Å²) < 4.78 is 0. The lowest BCUT2D eigenvalue weighted by molar-refractivity contribution is -0.123. The second-order valence-corrected chi connectivity index (χ2v) is 13.9. The highest BCUT2D eigenvalue weighted by atomic mass is 16.2. The summed E-state index contributed by atoms with van der Waals surface area (Å²) in [4.78, 5) is 55.5. The Morgan fingerprint density at radius 2 is 1.55 bits per heavy atom. The summed E-state index contributed by atoms with van der Waals surface area (Å²) >= 11 is 0. The van der Waals surface area contributed by atoms with Gasteiger partial charge in [-0.3, -0.25) is 19.3 Å². The van der Waals surface area contributed by atoms with Crippen LogP contribution in [0, 0.1) is 6.92 Å². The van der Waals surface area contributed by atoms with Crippen molar-refractivity contribution < 1.29 is 14.4 Å². The van der Waals surface area contributed by atoms with Gasteiger partial charge in [0.25, 0.3) is 5.91 Å². The first-order valence-electron chi connectivity index (χ1n) is 16.7. The van der Waals surface area contributed by atoms with Crippen LogP contribution in [0.3, 0.4) is 0 Å². The summed E-state index contributed by atoms with van der Waals surface area (Å²) in [5.41, 5.74) is 4.73. The second-order valence-electron chi connectivity index (χ2n) is 13.9. The van der Waals surface area contributed by atoms with Crippen molar-refractivity contribution in [2.45, 2.75) is 70.9 Å². The molecular weight excluding hydrogens is 590 g/mol. The molecule has 4 aromatic rings. The predicted octanol–water partition coefficient (Wildman–Crippen LogP) is 5.09. The normalized spacial score (nSPS) is 19.0. The van der Waals surface area contributed by atoms with Crippen molar-refractivity contribution in [2.75, 3.05) is 38.0 Å². The maximum Gasteiger partial charge on any atom is 0.253 e. The van der Waals surface area contributed by atoms with Gasteiger partial charge < -0.3 is 20.5 Å². The summed E-state index contributed by atoms with van der Waals surface area (Å²) in [6.07, 6.45) is 6.69. The van der Waals surface area contributed by atoms with Gasteiger partial charge in [0.15, 0.2) is 5.78 Å². The maximum absolute atomic E-state index is 13.5. The van der Waals surface area contributed by atoms with Crippen LogP contribution in [0.5, 0.6) is 0 Å². The van der Waals surface area contributed by atoms with Gasteiger partial charge >= 0.3 is 0 Å². The molecule has 0 bridgehead atoms. The van der Waals surface area contributed by atoms with Gasteiger partial charge in [-0.2, -0.15) is 0 Å². The number of carbonyl (C=O) groups excluding carboxylic acids is 3. The molecule has 2 amide bonds. The number of ketones is 1. The third-order valence-electron chi connectivity index (χ3n) is 9.56. The average molecular weight is 636 g/mol. The van der Waals surface area contributed by atoms with Crippen LogP contribution in [0.4, 0.5) is 5.82 Å². The van der Waals surface area contributed by atoms with Crippen LogP contribution >= 0.6 is 0 Å². The van der Waals surface area contributed by atoms with Crippen molar-refractivity contribution in [1.29, 1.82) is 0 Å². The number of benzene rings is 2. The van der Waals surface area contributed by atoms with E-state index in [9.17, 15) is 14.4 Å². The van der Waals surface area contributed by atoms with Gasteiger partial charge in [-0.05, 0) is 61.3 Å². The van der Waals surface area contributed by atoms with Gasteiger partial charge in [-0.1, -0.05) is 57.2 Å². The number of nitrogens with zero attached hydrogens (tertiary/aromatic N) is 4. The highest BCUT2D eigenvalue weighted by molar-refractivity contribution is 6.18. The molecule has 10 nitrogen and oxygen atoms in total. The number of anilines is 1. The molecule has 1 aliphatic carbocycles. The number of nitrogens with one attached hydrogen (secondary N) is 3. The summed E-state index contributed by atoms with van der Waals surface area (Å²) in [5.74, 6) is 0.675. The molecule has 246 valence electrons. The third kappa shape index (κ3) is 7.38. The van der Waals surface area contributed by atoms with Crippen molar-refractivity contribution in [1.82, 2.24) is 30.1 Å². The van der Waals surface area contributed by atoms with Gasteiger partial charge in [0.05, 0.1) is 17.5 Å². The number of amides is 2. The zero-order valence-electron chi connectivity index (χ0n) is 27.8. The largest absolute Gasteiger partial charge is 0.367 e. The van der Waals surface area contributed by atoms with E-state index in [4.69, 9.17) is 0 Å². The van der Waals surface area contributed by atoms with Crippen molar-refractivity contribution in [3.63, 3.8) is 0 Å². The number of fused-ring (bicyclic) bond motifs is 1. The summed E-state index contributed by atoms with van der Waals surface area (Å²) in [6, 6.07) is 15.8. The Labute approximate surface area is 276 Å². The van der Waals surface area contributed by atoms with E-state index in [2.05, 4.69) is 51.3 Å². The van der Waals surface area contributed by atoms with E-state index >= 15 is 0 Å². The molecule has 0 spiro atoms. The number of rotatable bonds is 8. The van der Waals surface area contributed by atoms with E-state index < -0.39 is 0 Å². The van der Waals surface area contributed by atoms with Crippen LogP contribution in [0.2, 0.25) is 0 Å². The number of hydrogen-bond donors (Lipinski definition) is 3. The van der Waals surface area contributed by atoms with Gasteiger partial charge in [0.1, 0.15) is 17.8 Å². The summed E-state index contributed by atoms with van der Waals surface area (Å²) in [7, 11) is 0. The maximum atomic E-state index is 13.5. The van der Waals surface area contributed by atoms with Gasteiger partial charge in [-0.15, -0.1) is 0 Å². The Morgan fingerprint density at radius 1 is 0.872 bits per heavy atom. The second kappa shape index (κ2) is 13.7. The first-order valence-corrected chi connectivity index (χ1v) is 16.7. The van der Waals surface area contributed by atoms with Gasteiger partial charge in [0, 0.05) is 55.6 Å². The lowest BCUT2D eigenvalue weighted by Gasteiger charge is -2.35. The lowest BCUT2D eigenvalue weighted by Crippen LogP contribution is -2.52. The standard InChI is InChI=1S/C37H45N7O3/c1-24-7-5-6-8-29(24)33(46)30-21-38-34-32(30)35(40-23-39-34)42-28-15-13-27(14-16-28)41-31(45)22-43-17-19-44(20-18-43)36(47)25-9-11-26(12-10-25)37(2,3)4/h5-12,21,23,27-28H,13-20,22H2,1-4H3,(H,41,45)(H2,38,39,40,42). The van der Waals surface area contributed by atoms with E-state index in [1.54, 1.807) is 6.20 Å². The molecule has 10 heteroatoms. The van der Waals surface area contributed by atoms with E-state index in [0.717, 1.165) is 31.2 Å². The Hall–Kier alpha value is -4.57. The van der Waals surface area contributed by atoms with Crippen LogP contribution < -0.4 is 10.6 Å². The highest BCUT2D eigenvalue weighted by Gasteiger charge is 2.27. The van der Waals surface area contributed by atoms with E-state index in [0.29, 0.717) is 66.3 Å². The quantitative estimate of drug-likeness (QED) is 0.231. The molecule has 3 N–H and O–H groups in total. The molecule has 1 aliphatic heterocycles. The number of piperazine rings is 1. The van der Waals surface area contributed by atoms with Gasteiger partial charge in [-0.25, -0.2) is 9.97 Å². The predicted molar refractivity (Wildman–Crippen MR) is 184 cm³/mol. The molecule has 3 heterocycles. The molecule has 47 heavy (non-hydrogen) atoms. The minimum Gasteiger partial charge on any atom is -0.367 e. The zero-order chi connectivity index (χ0) is 33.1. The monoisotopic (exact) mass is 635 g/mol. The lowest BCUT2D eigenvalue weighted by atomic mass is 9.86. The first kappa shape index (κ1) is 32.4.